The highest BCUT2D eigenvalue weighted by Crippen LogP contribution is 2.28. The van der Waals surface area contributed by atoms with E-state index in [1.807, 2.05) is 37.3 Å². The van der Waals surface area contributed by atoms with Crippen LogP contribution >= 0.6 is 0 Å². The van der Waals surface area contributed by atoms with Gasteiger partial charge in [-0.2, -0.15) is 0 Å². The Hall–Kier alpha value is -1.98. The van der Waals surface area contributed by atoms with Crippen LogP contribution in [0.5, 0.6) is 5.75 Å². The van der Waals surface area contributed by atoms with Crippen molar-refractivity contribution in [3.05, 3.63) is 53.6 Å². The van der Waals surface area contributed by atoms with Crippen LogP contribution in [-0.4, -0.2) is 16.6 Å². The van der Waals surface area contributed by atoms with Crippen LogP contribution in [0.4, 0.5) is 0 Å². The number of hydrogen-bond donors (Lipinski definition) is 2. The fraction of sp³-hybridized carbons (Fsp3) is 0.333. The first-order chi connectivity index (χ1) is 9.76. The average molecular weight is 272 g/mol. The smallest absolute Gasteiger partial charge is 0.125 e. The molecule has 1 heterocycles. The predicted molar refractivity (Wildman–Crippen MR) is 78.2 cm³/mol. The first kappa shape index (κ1) is 14.4. The number of rotatable bonds is 6. The largest absolute Gasteiger partial charge is 0.493 e. The van der Waals surface area contributed by atoms with Crippen LogP contribution in [0.15, 0.2) is 36.5 Å². The van der Waals surface area contributed by atoms with Gasteiger partial charge in [-0.05, 0) is 25.5 Å². The molecule has 2 aromatic rings. The highest BCUT2D eigenvalue weighted by atomic mass is 16.5. The number of hydrogen-bond acceptors (Lipinski definition) is 5. The van der Waals surface area contributed by atoms with Gasteiger partial charge in [-0.1, -0.05) is 25.1 Å². The van der Waals surface area contributed by atoms with Gasteiger partial charge in [0.2, 0.25) is 0 Å². The van der Waals surface area contributed by atoms with E-state index < -0.39 is 0 Å². The number of benzene rings is 1. The van der Waals surface area contributed by atoms with Crippen molar-refractivity contribution in [2.24, 2.45) is 5.84 Å². The van der Waals surface area contributed by atoms with Gasteiger partial charge < -0.3 is 4.74 Å². The molecule has 106 valence electrons. The molecular weight excluding hydrogens is 252 g/mol. The molecule has 20 heavy (non-hydrogen) atoms. The van der Waals surface area contributed by atoms with Crippen LogP contribution in [0.25, 0.3) is 0 Å². The molecule has 1 atom stereocenters. The van der Waals surface area contributed by atoms with Crippen molar-refractivity contribution in [1.82, 2.24) is 15.4 Å². The fourth-order valence-electron chi connectivity index (χ4n) is 2.03. The van der Waals surface area contributed by atoms with Crippen LogP contribution < -0.4 is 16.0 Å². The zero-order valence-corrected chi connectivity index (χ0v) is 11.8. The molecule has 0 fully saturated rings. The molecule has 0 aliphatic carbocycles. The second kappa shape index (κ2) is 6.98. The normalized spacial score (nSPS) is 12.2. The zero-order valence-electron chi connectivity index (χ0n) is 11.8. The van der Waals surface area contributed by atoms with E-state index in [0.717, 1.165) is 29.3 Å². The summed E-state index contributed by atoms with van der Waals surface area (Å²) in [5.41, 5.74) is 4.61. The number of para-hydroxylation sites is 1. The Morgan fingerprint density at radius 3 is 2.80 bits per heavy atom. The van der Waals surface area contributed by atoms with Gasteiger partial charge in [-0.3, -0.25) is 5.84 Å². The van der Waals surface area contributed by atoms with Crippen molar-refractivity contribution in [3.63, 3.8) is 0 Å². The van der Waals surface area contributed by atoms with Crippen molar-refractivity contribution < 1.29 is 4.74 Å². The maximum Gasteiger partial charge on any atom is 0.125 e. The van der Waals surface area contributed by atoms with Gasteiger partial charge in [0.05, 0.1) is 18.3 Å². The minimum atomic E-state index is -0.218. The zero-order chi connectivity index (χ0) is 14.4. The fourth-order valence-corrected chi connectivity index (χ4v) is 2.03. The summed E-state index contributed by atoms with van der Waals surface area (Å²) in [7, 11) is 0. The quantitative estimate of drug-likeness (QED) is 0.622. The number of nitrogens with two attached hydrogens (primary N) is 1. The van der Waals surface area contributed by atoms with Crippen LogP contribution in [-0.2, 0) is 0 Å². The Labute approximate surface area is 119 Å². The molecule has 2 rings (SSSR count). The number of hydrazine groups is 1. The molecule has 0 saturated heterocycles. The molecule has 1 unspecified atom stereocenters. The van der Waals surface area contributed by atoms with Crippen LogP contribution in [0, 0.1) is 6.92 Å². The summed E-state index contributed by atoms with van der Waals surface area (Å²) in [4.78, 5) is 8.54. The Morgan fingerprint density at radius 1 is 1.30 bits per heavy atom. The van der Waals surface area contributed by atoms with E-state index in [1.54, 1.807) is 6.20 Å². The Bertz CT molecular complexity index is 559. The first-order valence-corrected chi connectivity index (χ1v) is 6.73. The molecule has 3 N–H and O–H groups in total. The number of nitrogens with one attached hydrogen (secondary N) is 1. The maximum atomic E-state index is 5.78. The average Bonchev–Trinajstić information content (AvgIpc) is 2.47. The summed E-state index contributed by atoms with van der Waals surface area (Å²) in [6, 6.07) is 9.49. The second-order valence-corrected chi connectivity index (χ2v) is 4.51. The minimum absolute atomic E-state index is 0.218. The van der Waals surface area contributed by atoms with Gasteiger partial charge in [0.15, 0.2) is 0 Å². The first-order valence-electron chi connectivity index (χ1n) is 6.73. The molecule has 0 amide bonds. The Kier molecular flexibility index (Phi) is 5.03. The number of ether oxygens (including phenoxy) is 1. The van der Waals surface area contributed by atoms with Gasteiger partial charge in [0.1, 0.15) is 11.6 Å². The van der Waals surface area contributed by atoms with Crippen molar-refractivity contribution in [1.29, 1.82) is 0 Å². The standard InChI is InChI=1S/C15H20N4O/c1-3-10-20-14-7-5-4-6-12(14)15(19-16)13-8-9-17-11(2)18-13/h4-9,15,19H,3,10,16H2,1-2H3. The van der Waals surface area contributed by atoms with Crippen molar-refractivity contribution in [2.75, 3.05) is 6.61 Å². The van der Waals surface area contributed by atoms with E-state index in [1.165, 1.54) is 0 Å². The molecule has 0 saturated carbocycles. The molecule has 0 spiro atoms. The highest BCUT2D eigenvalue weighted by molar-refractivity contribution is 5.39. The lowest BCUT2D eigenvalue weighted by atomic mass is 10.0. The van der Waals surface area contributed by atoms with Crippen molar-refractivity contribution in [2.45, 2.75) is 26.3 Å². The maximum absolute atomic E-state index is 5.78. The predicted octanol–water partition coefficient (Wildman–Crippen LogP) is 2.13. The molecular formula is C15H20N4O. The number of nitrogens with zero attached hydrogens (tertiary/aromatic N) is 2. The number of aryl methyl sites for hydroxylation is 1. The van der Waals surface area contributed by atoms with Crippen molar-refractivity contribution >= 4 is 0 Å². The monoisotopic (exact) mass is 272 g/mol. The van der Waals surface area contributed by atoms with Crippen LogP contribution in [0.1, 0.15) is 36.5 Å². The highest BCUT2D eigenvalue weighted by Gasteiger charge is 2.18. The third-order valence-corrected chi connectivity index (χ3v) is 2.95. The topological polar surface area (TPSA) is 73.1 Å². The lowest BCUT2D eigenvalue weighted by molar-refractivity contribution is 0.311. The second-order valence-electron chi connectivity index (χ2n) is 4.51. The van der Waals surface area contributed by atoms with E-state index in [-0.39, 0.29) is 6.04 Å². The molecule has 0 radical (unpaired) electrons. The molecule has 0 aliphatic rings. The van der Waals surface area contributed by atoms with Gasteiger partial charge >= 0.3 is 0 Å². The summed E-state index contributed by atoms with van der Waals surface area (Å²) >= 11 is 0. The van der Waals surface area contributed by atoms with Gasteiger partial charge in [-0.25, -0.2) is 15.4 Å². The summed E-state index contributed by atoms with van der Waals surface area (Å²) in [5.74, 6) is 7.26. The van der Waals surface area contributed by atoms with Crippen molar-refractivity contribution in [3.8, 4) is 5.75 Å². The summed E-state index contributed by atoms with van der Waals surface area (Å²) in [5, 5.41) is 0. The molecule has 1 aromatic heterocycles. The van der Waals surface area contributed by atoms with Gasteiger partial charge in [0.25, 0.3) is 0 Å². The number of aromatic nitrogens is 2. The van der Waals surface area contributed by atoms with E-state index >= 15 is 0 Å². The van der Waals surface area contributed by atoms with E-state index in [9.17, 15) is 0 Å². The third-order valence-electron chi connectivity index (χ3n) is 2.95. The van der Waals surface area contributed by atoms with Gasteiger partial charge in [0, 0.05) is 11.8 Å². The van der Waals surface area contributed by atoms with Gasteiger partial charge in [-0.15, -0.1) is 0 Å². The summed E-state index contributed by atoms with van der Waals surface area (Å²) in [6.45, 7) is 4.61. The third kappa shape index (κ3) is 3.31. The molecule has 5 nitrogen and oxygen atoms in total. The van der Waals surface area contributed by atoms with Crippen LogP contribution in [0.2, 0.25) is 0 Å². The summed E-state index contributed by atoms with van der Waals surface area (Å²) < 4.78 is 5.78. The Morgan fingerprint density at radius 2 is 2.10 bits per heavy atom. The van der Waals surface area contributed by atoms with E-state index in [0.29, 0.717) is 6.61 Å². The molecule has 0 aliphatic heterocycles. The van der Waals surface area contributed by atoms with Crippen LogP contribution in [0.3, 0.4) is 0 Å². The SMILES string of the molecule is CCCOc1ccccc1C(NN)c1ccnc(C)n1. The summed E-state index contributed by atoms with van der Waals surface area (Å²) in [6.07, 6.45) is 2.69. The molecule has 1 aromatic carbocycles. The molecule has 5 heteroatoms. The van der Waals surface area contributed by atoms with E-state index in [2.05, 4.69) is 22.3 Å². The Balaban J connectivity index is 2.36. The lowest BCUT2D eigenvalue weighted by Gasteiger charge is -2.19. The lowest BCUT2D eigenvalue weighted by Crippen LogP contribution is -2.30. The minimum Gasteiger partial charge on any atom is -0.493 e. The molecule has 0 bridgehead atoms. The van der Waals surface area contributed by atoms with E-state index in [4.69, 9.17) is 10.6 Å².